The van der Waals surface area contributed by atoms with Crippen molar-refractivity contribution in [3.63, 3.8) is 0 Å². The molecule has 0 unspecified atom stereocenters. The molecule has 0 bridgehead atoms. The lowest BCUT2D eigenvalue weighted by Gasteiger charge is -2.15. The molecule has 0 aliphatic heterocycles. The Morgan fingerprint density at radius 2 is 1.86 bits per heavy atom. The predicted octanol–water partition coefficient (Wildman–Crippen LogP) is 2.38. The van der Waals surface area contributed by atoms with Gasteiger partial charge in [0.1, 0.15) is 12.3 Å². The first-order valence-electron chi connectivity index (χ1n) is 6.69. The van der Waals surface area contributed by atoms with Gasteiger partial charge in [-0.15, -0.1) is 0 Å². The molecule has 0 amide bonds. The van der Waals surface area contributed by atoms with E-state index >= 15 is 0 Å². The fraction of sp³-hybridized carbons (Fsp3) is 0.250. The normalized spacial score (nSPS) is 10.6. The van der Waals surface area contributed by atoms with Gasteiger partial charge < -0.3 is 15.2 Å². The number of halogens is 2. The topological polar surface area (TPSA) is 48.9 Å². The van der Waals surface area contributed by atoms with Crippen molar-refractivity contribution >= 4 is 23.2 Å². The highest BCUT2D eigenvalue weighted by molar-refractivity contribution is 6.35. The molecule has 0 radical (unpaired) electrons. The Morgan fingerprint density at radius 3 is 2.52 bits per heavy atom. The minimum atomic E-state index is -0.137. The summed E-state index contributed by atoms with van der Waals surface area (Å²) in [6, 6.07) is 11.1. The molecule has 0 heterocycles. The van der Waals surface area contributed by atoms with Crippen molar-refractivity contribution in [3.05, 3.63) is 57.6 Å². The van der Waals surface area contributed by atoms with E-state index < -0.39 is 0 Å². The molecule has 2 rings (SSSR count). The molecule has 0 saturated carbocycles. The van der Waals surface area contributed by atoms with Gasteiger partial charge in [0.25, 0.3) is 0 Å². The molecular formula is C16H17Cl2NO2. The van der Waals surface area contributed by atoms with Crippen molar-refractivity contribution in [2.24, 2.45) is 0 Å². The largest absolute Gasteiger partial charge is 0.871 e. The first kappa shape index (κ1) is 16.0. The van der Waals surface area contributed by atoms with Gasteiger partial charge in [0, 0.05) is 22.0 Å². The van der Waals surface area contributed by atoms with Crippen LogP contribution in [0, 0.1) is 0 Å². The smallest absolute Gasteiger partial charge is 0.118 e. The predicted molar refractivity (Wildman–Crippen MR) is 83.1 cm³/mol. The second kappa shape index (κ2) is 7.55. The molecule has 0 aliphatic carbocycles. The van der Waals surface area contributed by atoms with Gasteiger partial charge in [0.15, 0.2) is 0 Å². The number of hydrogen-bond donors (Lipinski definition) is 1. The van der Waals surface area contributed by atoms with E-state index in [1.807, 2.05) is 24.3 Å². The fourth-order valence-corrected chi connectivity index (χ4v) is 2.62. The monoisotopic (exact) mass is 325 g/mol. The maximum Gasteiger partial charge on any atom is 0.118 e. The molecule has 2 aromatic rings. The summed E-state index contributed by atoms with van der Waals surface area (Å²) in [6.45, 7) is 1.46. The summed E-state index contributed by atoms with van der Waals surface area (Å²) in [5.41, 5.74) is 1.88. The number of methoxy groups -OCH3 is 1. The summed E-state index contributed by atoms with van der Waals surface area (Å²) >= 11 is 11.7. The van der Waals surface area contributed by atoms with E-state index in [0.717, 1.165) is 18.7 Å². The number of ether oxygens (including phenoxy) is 1. The Labute approximate surface area is 134 Å². The fourth-order valence-electron chi connectivity index (χ4n) is 2.08. The van der Waals surface area contributed by atoms with Crippen molar-refractivity contribution in [1.82, 2.24) is 0 Å². The molecule has 0 fully saturated rings. The molecule has 21 heavy (non-hydrogen) atoms. The second-order valence-corrected chi connectivity index (χ2v) is 5.60. The first-order valence-corrected chi connectivity index (χ1v) is 7.45. The highest BCUT2D eigenvalue weighted by Crippen LogP contribution is 2.28. The third-order valence-electron chi connectivity index (χ3n) is 3.25. The van der Waals surface area contributed by atoms with Crippen LogP contribution < -0.4 is 15.2 Å². The molecule has 5 heteroatoms. The van der Waals surface area contributed by atoms with E-state index in [1.54, 1.807) is 13.2 Å². The maximum atomic E-state index is 11.8. The van der Waals surface area contributed by atoms with Crippen LogP contribution in [0.5, 0.6) is 11.5 Å². The maximum absolute atomic E-state index is 11.8. The van der Waals surface area contributed by atoms with Crippen LogP contribution in [-0.2, 0) is 13.0 Å². The summed E-state index contributed by atoms with van der Waals surface area (Å²) in [5.74, 6) is 0.717. The molecule has 0 aliphatic rings. The van der Waals surface area contributed by atoms with Gasteiger partial charge in [0.2, 0.25) is 0 Å². The lowest BCUT2D eigenvalue weighted by molar-refractivity contribution is -0.670. The summed E-state index contributed by atoms with van der Waals surface area (Å²) < 4.78 is 5.12. The number of quaternary nitrogens is 1. The molecular weight excluding hydrogens is 309 g/mol. The SMILES string of the molecule is COc1ccc(CC[NH2+]Cc2cc(Cl)cc(Cl)c2[O-])cc1. The minimum Gasteiger partial charge on any atom is -0.871 e. The summed E-state index contributed by atoms with van der Waals surface area (Å²) in [4.78, 5) is 0. The Balaban J connectivity index is 1.84. The van der Waals surface area contributed by atoms with Gasteiger partial charge in [-0.2, -0.15) is 0 Å². The molecule has 2 N–H and O–H groups in total. The zero-order chi connectivity index (χ0) is 15.2. The molecule has 2 aromatic carbocycles. The zero-order valence-corrected chi connectivity index (χ0v) is 13.2. The summed E-state index contributed by atoms with van der Waals surface area (Å²) in [6.07, 6.45) is 0.923. The number of nitrogens with two attached hydrogens (primary N) is 1. The summed E-state index contributed by atoms with van der Waals surface area (Å²) in [7, 11) is 1.65. The van der Waals surface area contributed by atoms with Crippen LogP contribution in [0.25, 0.3) is 0 Å². The van der Waals surface area contributed by atoms with Crippen molar-refractivity contribution in [2.45, 2.75) is 13.0 Å². The number of rotatable bonds is 6. The van der Waals surface area contributed by atoms with Crippen molar-refractivity contribution in [1.29, 1.82) is 0 Å². The van der Waals surface area contributed by atoms with E-state index in [-0.39, 0.29) is 10.8 Å². The Hall–Kier alpha value is -1.42. The first-order chi connectivity index (χ1) is 10.1. The van der Waals surface area contributed by atoms with E-state index in [1.165, 1.54) is 11.6 Å². The van der Waals surface area contributed by atoms with E-state index in [2.05, 4.69) is 5.32 Å². The van der Waals surface area contributed by atoms with E-state index in [9.17, 15) is 5.11 Å². The zero-order valence-electron chi connectivity index (χ0n) is 11.7. The summed E-state index contributed by atoms with van der Waals surface area (Å²) in [5, 5.41) is 14.6. The van der Waals surface area contributed by atoms with Crippen molar-refractivity contribution in [3.8, 4) is 11.5 Å². The Morgan fingerprint density at radius 1 is 1.14 bits per heavy atom. The third kappa shape index (κ3) is 4.53. The molecule has 0 atom stereocenters. The van der Waals surface area contributed by atoms with Crippen LogP contribution in [0.4, 0.5) is 0 Å². The van der Waals surface area contributed by atoms with Crippen molar-refractivity contribution < 1.29 is 15.2 Å². The Bertz CT molecular complexity index is 600. The van der Waals surface area contributed by atoms with Gasteiger partial charge in [-0.3, -0.25) is 0 Å². The van der Waals surface area contributed by atoms with Gasteiger partial charge in [-0.05, 0) is 29.8 Å². The number of benzene rings is 2. The molecule has 3 nitrogen and oxygen atoms in total. The lowest BCUT2D eigenvalue weighted by Crippen LogP contribution is -2.83. The average molecular weight is 326 g/mol. The lowest BCUT2D eigenvalue weighted by atomic mass is 10.1. The second-order valence-electron chi connectivity index (χ2n) is 4.76. The van der Waals surface area contributed by atoms with Crippen LogP contribution in [-0.4, -0.2) is 13.7 Å². The molecule has 0 aromatic heterocycles. The quantitative estimate of drug-likeness (QED) is 0.829. The highest BCUT2D eigenvalue weighted by Gasteiger charge is 2.03. The molecule has 0 saturated heterocycles. The minimum absolute atomic E-state index is 0.137. The third-order valence-corrected chi connectivity index (χ3v) is 3.74. The van der Waals surface area contributed by atoms with Gasteiger partial charge >= 0.3 is 0 Å². The molecule has 112 valence electrons. The van der Waals surface area contributed by atoms with Crippen LogP contribution in [0.3, 0.4) is 0 Å². The number of hydrogen-bond acceptors (Lipinski definition) is 2. The molecule has 0 spiro atoms. The standard InChI is InChI=1S/C16H17Cl2NO2/c1-21-14-4-2-11(3-5-14)6-7-19-10-12-8-13(17)9-15(18)16(12)20/h2-5,8-9,19-20H,6-7,10H2,1H3. The van der Waals surface area contributed by atoms with Crippen molar-refractivity contribution in [2.75, 3.05) is 13.7 Å². The van der Waals surface area contributed by atoms with Crippen LogP contribution in [0.15, 0.2) is 36.4 Å². The van der Waals surface area contributed by atoms with Gasteiger partial charge in [0.05, 0.1) is 13.7 Å². The highest BCUT2D eigenvalue weighted by atomic mass is 35.5. The average Bonchev–Trinajstić information content (AvgIpc) is 2.49. The van der Waals surface area contributed by atoms with Crippen LogP contribution in [0.2, 0.25) is 10.0 Å². The van der Waals surface area contributed by atoms with Gasteiger partial charge in [-0.1, -0.05) is 41.1 Å². The van der Waals surface area contributed by atoms with E-state index in [0.29, 0.717) is 17.1 Å². The Kier molecular flexibility index (Phi) is 5.74. The van der Waals surface area contributed by atoms with Gasteiger partial charge in [-0.25, -0.2) is 0 Å². The van der Waals surface area contributed by atoms with E-state index in [4.69, 9.17) is 27.9 Å². The van der Waals surface area contributed by atoms with Crippen LogP contribution in [0.1, 0.15) is 11.1 Å². The van der Waals surface area contributed by atoms with Crippen LogP contribution >= 0.6 is 23.2 Å².